The molecule has 0 spiro atoms. The molecule has 0 aromatic heterocycles. The first-order valence-corrected chi connectivity index (χ1v) is 13.9. The highest BCUT2D eigenvalue weighted by atomic mass is 16.2. The van der Waals surface area contributed by atoms with Gasteiger partial charge in [0.15, 0.2) is 0 Å². The topological polar surface area (TPSA) is 126 Å². The zero-order chi connectivity index (χ0) is 29.3. The third-order valence-corrected chi connectivity index (χ3v) is 12.3. The van der Waals surface area contributed by atoms with Crippen LogP contribution in [-0.2, 0) is 28.8 Å². The summed E-state index contributed by atoms with van der Waals surface area (Å²) in [4.78, 5) is 79.8. The second-order valence-electron chi connectivity index (χ2n) is 13.7. The number of hydrogen-bond acceptors (Lipinski definition) is 6. The van der Waals surface area contributed by atoms with E-state index < -0.39 is 67.4 Å². The van der Waals surface area contributed by atoms with Crippen LogP contribution in [0.2, 0.25) is 0 Å². The fourth-order valence-electron chi connectivity index (χ4n) is 8.53. The summed E-state index contributed by atoms with van der Waals surface area (Å²) in [6, 6.07) is 10.5. The van der Waals surface area contributed by atoms with Gasteiger partial charge in [-0.05, 0) is 48.6 Å². The van der Waals surface area contributed by atoms with E-state index in [1.807, 2.05) is 27.7 Å². The van der Waals surface area contributed by atoms with Crippen LogP contribution in [0.5, 0.6) is 0 Å². The highest BCUT2D eigenvalue weighted by Gasteiger charge is 2.79. The first-order valence-electron chi connectivity index (χ1n) is 13.9. The number of rotatable bonds is 4. The van der Waals surface area contributed by atoms with Gasteiger partial charge in [0.2, 0.25) is 34.9 Å². The Labute approximate surface area is 232 Å². The van der Waals surface area contributed by atoms with Crippen LogP contribution in [0.3, 0.4) is 0 Å². The summed E-state index contributed by atoms with van der Waals surface area (Å²) in [6.45, 7) is 10.8. The van der Waals surface area contributed by atoms with Gasteiger partial charge in [-0.25, -0.2) is 0 Å². The van der Waals surface area contributed by atoms with Crippen LogP contribution in [0.4, 0.5) is 11.4 Å². The third kappa shape index (κ3) is 2.55. The van der Waals surface area contributed by atoms with Crippen molar-refractivity contribution in [1.29, 1.82) is 0 Å². The summed E-state index contributed by atoms with van der Waals surface area (Å²) in [5, 5.41) is 7.13. The van der Waals surface area contributed by atoms with Crippen LogP contribution in [0.25, 0.3) is 10.8 Å². The summed E-state index contributed by atoms with van der Waals surface area (Å²) >= 11 is 0. The van der Waals surface area contributed by atoms with Crippen LogP contribution in [0, 0.1) is 32.5 Å². The van der Waals surface area contributed by atoms with E-state index in [1.165, 1.54) is 0 Å². The fraction of sp³-hybridized carbons (Fsp3) is 0.500. The van der Waals surface area contributed by atoms with Gasteiger partial charge in [-0.2, -0.15) is 0 Å². The Morgan fingerprint density at radius 1 is 0.550 bits per heavy atom. The van der Waals surface area contributed by atoms with Crippen LogP contribution in [0.15, 0.2) is 36.4 Å². The average Bonchev–Trinajstić information content (AvgIpc) is 3.34. The Hall–Kier alpha value is -3.68. The molecule has 208 valence electrons. The minimum atomic E-state index is -1.44. The molecule has 2 N–H and O–H groups in total. The van der Waals surface area contributed by atoms with Gasteiger partial charge in [-0.15, -0.1) is 0 Å². The molecule has 6 rings (SSSR count). The van der Waals surface area contributed by atoms with Crippen molar-refractivity contribution >= 4 is 57.1 Å². The zero-order valence-electron chi connectivity index (χ0n) is 23.7. The van der Waals surface area contributed by atoms with Crippen LogP contribution < -0.4 is 10.6 Å². The minimum absolute atomic E-state index is 0.308. The van der Waals surface area contributed by atoms with Gasteiger partial charge in [0, 0.05) is 33.0 Å². The molecular formula is C32H34N2O6. The molecule has 4 aliphatic carbocycles. The summed E-state index contributed by atoms with van der Waals surface area (Å²) in [6.07, 6.45) is 1.56. The lowest BCUT2D eigenvalue weighted by Crippen LogP contribution is -2.48. The SMILES string of the molecule is CC12CCC(C(=O)Nc3cccc4c(NC(=O)C56CCC(C)(C(=O)C5=O)C6(C)C)cccc34)(C(=O)C1=O)C2(C)C. The largest absolute Gasteiger partial charge is 0.325 e. The molecule has 0 radical (unpaired) electrons. The molecule has 4 atom stereocenters. The van der Waals surface area contributed by atoms with Crippen LogP contribution >= 0.6 is 0 Å². The Balaban J connectivity index is 1.35. The molecule has 0 heterocycles. The van der Waals surface area contributed by atoms with Crippen LogP contribution in [0.1, 0.15) is 67.2 Å². The van der Waals surface area contributed by atoms with E-state index in [0.717, 1.165) is 0 Å². The van der Waals surface area contributed by atoms with Crippen molar-refractivity contribution in [2.24, 2.45) is 32.5 Å². The monoisotopic (exact) mass is 542 g/mol. The second kappa shape index (κ2) is 7.53. The number of ketones is 4. The number of amides is 2. The number of nitrogens with one attached hydrogen (secondary N) is 2. The van der Waals surface area contributed by atoms with Crippen molar-refractivity contribution in [2.75, 3.05) is 10.6 Å². The predicted molar refractivity (Wildman–Crippen MR) is 148 cm³/mol. The maximum absolute atomic E-state index is 13.8. The molecule has 2 aromatic rings. The summed E-state index contributed by atoms with van der Waals surface area (Å²) in [5.41, 5.74) is -5.42. The summed E-state index contributed by atoms with van der Waals surface area (Å²) in [5.74, 6) is -3.21. The first kappa shape index (κ1) is 26.5. The Morgan fingerprint density at radius 3 is 1.20 bits per heavy atom. The van der Waals surface area contributed by atoms with E-state index in [2.05, 4.69) is 10.6 Å². The summed E-state index contributed by atoms with van der Waals surface area (Å²) < 4.78 is 0. The number of carbonyl (C=O) groups is 6. The number of benzene rings is 2. The van der Waals surface area contributed by atoms with Gasteiger partial charge in [-0.1, -0.05) is 65.8 Å². The smallest absolute Gasteiger partial charge is 0.239 e. The first-order chi connectivity index (χ1) is 18.5. The molecule has 8 nitrogen and oxygen atoms in total. The van der Waals surface area contributed by atoms with E-state index in [9.17, 15) is 28.8 Å². The molecule has 4 aliphatic rings. The Kier molecular flexibility index (Phi) is 5.00. The molecule has 0 aliphatic heterocycles. The van der Waals surface area contributed by atoms with Gasteiger partial charge in [0.25, 0.3) is 0 Å². The van der Waals surface area contributed by atoms with E-state index in [4.69, 9.17) is 0 Å². The van der Waals surface area contributed by atoms with Crippen LogP contribution in [-0.4, -0.2) is 34.9 Å². The van der Waals surface area contributed by atoms with Gasteiger partial charge in [0.05, 0.1) is 0 Å². The molecule has 4 unspecified atom stereocenters. The predicted octanol–water partition coefficient (Wildman–Crippen LogP) is 4.65. The average molecular weight is 543 g/mol. The Bertz CT molecular complexity index is 1500. The minimum Gasteiger partial charge on any atom is -0.325 e. The number of anilines is 2. The van der Waals surface area contributed by atoms with Crippen molar-refractivity contribution < 1.29 is 28.8 Å². The number of hydrogen-bond donors (Lipinski definition) is 2. The molecule has 2 amide bonds. The zero-order valence-corrected chi connectivity index (χ0v) is 23.7. The lowest BCUT2D eigenvalue weighted by molar-refractivity contribution is -0.147. The van der Waals surface area contributed by atoms with E-state index in [1.54, 1.807) is 50.2 Å². The van der Waals surface area contributed by atoms with Gasteiger partial charge < -0.3 is 10.6 Å². The molecule has 8 heteroatoms. The number of carbonyl (C=O) groups excluding carboxylic acids is 6. The van der Waals surface area contributed by atoms with Crippen molar-refractivity contribution in [3.05, 3.63) is 36.4 Å². The fourth-order valence-corrected chi connectivity index (χ4v) is 8.53. The maximum Gasteiger partial charge on any atom is 0.239 e. The lowest BCUT2D eigenvalue weighted by Gasteiger charge is -2.37. The van der Waals surface area contributed by atoms with Crippen molar-refractivity contribution in [3.8, 4) is 0 Å². The van der Waals surface area contributed by atoms with E-state index in [-0.39, 0.29) is 0 Å². The van der Waals surface area contributed by atoms with Gasteiger partial charge >= 0.3 is 0 Å². The second-order valence-corrected chi connectivity index (χ2v) is 13.7. The molecular weight excluding hydrogens is 508 g/mol. The molecule has 2 aromatic carbocycles. The molecule has 0 saturated heterocycles. The maximum atomic E-state index is 13.8. The van der Waals surface area contributed by atoms with E-state index >= 15 is 0 Å². The standard InChI is InChI=1S/C32H34N2O6/c1-27(2)29(5)13-15-31(27,23(37)21(29)35)25(39)33-19-11-7-10-18-17(19)9-8-12-20(18)34-26(40)32-16-14-30(6,28(32,3)4)22(36)24(32)38/h7-12H,13-16H2,1-6H3,(H,33,39)(H,34,40). The molecule has 4 bridgehead atoms. The quantitative estimate of drug-likeness (QED) is 0.428. The number of Topliss-reactive ketones (excluding diaryl/α,β-unsaturated/α-hetero) is 4. The Morgan fingerprint density at radius 2 is 0.900 bits per heavy atom. The van der Waals surface area contributed by atoms with Gasteiger partial charge in [-0.3, -0.25) is 28.8 Å². The molecule has 4 fully saturated rings. The number of fused-ring (bicyclic) bond motifs is 5. The lowest BCUT2D eigenvalue weighted by atomic mass is 9.64. The summed E-state index contributed by atoms with van der Waals surface area (Å²) in [7, 11) is 0. The normalized spacial score (nSPS) is 35.0. The highest BCUT2D eigenvalue weighted by molar-refractivity contribution is 6.50. The highest BCUT2D eigenvalue weighted by Crippen LogP contribution is 2.70. The third-order valence-electron chi connectivity index (χ3n) is 12.3. The molecule has 40 heavy (non-hydrogen) atoms. The van der Waals surface area contributed by atoms with Gasteiger partial charge in [0.1, 0.15) is 10.8 Å². The van der Waals surface area contributed by atoms with Crippen molar-refractivity contribution in [3.63, 3.8) is 0 Å². The van der Waals surface area contributed by atoms with Crippen molar-refractivity contribution in [1.82, 2.24) is 0 Å². The molecule has 4 saturated carbocycles. The van der Waals surface area contributed by atoms with Crippen molar-refractivity contribution in [2.45, 2.75) is 67.2 Å². The van der Waals surface area contributed by atoms with E-state index in [0.29, 0.717) is 47.8 Å².